The van der Waals surface area contributed by atoms with Crippen LogP contribution in [0.5, 0.6) is 0 Å². The number of nitrogens with zero attached hydrogens (tertiary/aromatic N) is 3. The van der Waals surface area contributed by atoms with Crippen LogP contribution in [0, 0.1) is 6.92 Å². The Hall–Kier alpha value is -1.83. The van der Waals surface area contributed by atoms with Crippen molar-refractivity contribution in [2.24, 2.45) is 0 Å². The fraction of sp³-hybridized carbons (Fsp3) is 0.333. The number of nitrogens with one attached hydrogen (secondary N) is 1. The molecule has 2 aromatic rings. The van der Waals surface area contributed by atoms with E-state index in [1.54, 1.807) is 24.5 Å². The highest BCUT2D eigenvalue weighted by atomic mass is 32.2. The molecule has 3 heterocycles. The minimum Gasteiger partial charge on any atom is -0.313 e. The van der Waals surface area contributed by atoms with Gasteiger partial charge in [0.05, 0.1) is 6.04 Å². The van der Waals surface area contributed by atoms with E-state index in [9.17, 15) is 8.42 Å². The van der Waals surface area contributed by atoms with Crippen molar-refractivity contribution in [2.75, 3.05) is 19.6 Å². The van der Waals surface area contributed by atoms with E-state index in [0.29, 0.717) is 19.6 Å². The lowest BCUT2D eigenvalue weighted by Gasteiger charge is -2.35. The summed E-state index contributed by atoms with van der Waals surface area (Å²) in [6, 6.07) is 6.80. The largest absolute Gasteiger partial charge is 0.313 e. The van der Waals surface area contributed by atoms with Gasteiger partial charge in [-0.1, -0.05) is 6.07 Å². The van der Waals surface area contributed by atoms with E-state index in [4.69, 9.17) is 0 Å². The van der Waals surface area contributed by atoms with Crippen molar-refractivity contribution in [3.8, 4) is 0 Å². The fourth-order valence-corrected chi connectivity index (χ4v) is 4.13. The van der Waals surface area contributed by atoms with Crippen molar-refractivity contribution in [3.05, 3.63) is 54.1 Å². The Balaban J connectivity index is 1.98. The lowest BCUT2D eigenvalue weighted by molar-refractivity contribution is 0.271. The van der Waals surface area contributed by atoms with Crippen molar-refractivity contribution in [1.82, 2.24) is 19.6 Å². The number of piperazine rings is 1. The number of pyridine rings is 2. The molecule has 7 heteroatoms. The van der Waals surface area contributed by atoms with Gasteiger partial charge in [-0.2, -0.15) is 4.31 Å². The minimum atomic E-state index is -3.57. The maximum atomic E-state index is 12.9. The Morgan fingerprint density at radius 3 is 2.82 bits per heavy atom. The SMILES string of the molecule is Cc1ccc(S(=O)(=O)N2CCNCC2c2cccnc2)cn1. The summed E-state index contributed by atoms with van der Waals surface area (Å²) in [4.78, 5) is 8.43. The van der Waals surface area contributed by atoms with E-state index >= 15 is 0 Å². The Morgan fingerprint density at radius 2 is 2.14 bits per heavy atom. The molecule has 1 unspecified atom stereocenters. The average Bonchev–Trinajstić information content (AvgIpc) is 2.56. The van der Waals surface area contributed by atoms with Crippen LogP contribution < -0.4 is 5.32 Å². The van der Waals surface area contributed by atoms with Crippen molar-refractivity contribution < 1.29 is 8.42 Å². The molecule has 0 aromatic carbocycles. The van der Waals surface area contributed by atoms with Crippen LogP contribution in [0.25, 0.3) is 0 Å². The van der Waals surface area contributed by atoms with Gasteiger partial charge < -0.3 is 5.32 Å². The monoisotopic (exact) mass is 318 g/mol. The summed E-state index contributed by atoms with van der Waals surface area (Å²) in [5.41, 5.74) is 1.68. The van der Waals surface area contributed by atoms with Crippen LogP contribution in [0.3, 0.4) is 0 Å². The summed E-state index contributed by atoms with van der Waals surface area (Å²) in [6.45, 7) is 3.47. The van der Waals surface area contributed by atoms with Gasteiger partial charge in [0.15, 0.2) is 0 Å². The molecule has 1 fully saturated rings. The molecule has 1 aliphatic heterocycles. The third-order valence-corrected chi connectivity index (χ3v) is 5.65. The summed E-state index contributed by atoms with van der Waals surface area (Å²) >= 11 is 0. The lowest BCUT2D eigenvalue weighted by Crippen LogP contribution is -2.48. The Kier molecular flexibility index (Phi) is 4.19. The molecular weight excluding hydrogens is 300 g/mol. The predicted octanol–water partition coefficient (Wildman–Crippen LogP) is 1.12. The standard InChI is InChI=1S/C15H18N4O2S/c1-12-4-5-14(10-18-12)22(20,21)19-8-7-17-11-15(19)13-3-2-6-16-9-13/h2-6,9-10,15,17H,7-8,11H2,1H3. The molecule has 0 radical (unpaired) electrons. The Bertz CT molecular complexity index is 732. The number of hydrogen-bond donors (Lipinski definition) is 1. The molecule has 3 rings (SSSR count). The van der Waals surface area contributed by atoms with E-state index in [-0.39, 0.29) is 10.9 Å². The number of sulfonamides is 1. The predicted molar refractivity (Wildman–Crippen MR) is 82.7 cm³/mol. The highest BCUT2D eigenvalue weighted by Gasteiger charge is 2.34. The van der Waals surface area contributed by atoms with Gasteiger partial charge in [-0.25, -0.2) is 8.42 Å². The van der Waals surface area contributed by atoms with E-state index in [2.05, 4.69) is 15.3 Å². The molecular formula is C15H18N4O2S. The molecule has 0 spiro atoms. The van der Waals surface area contributed by atoms with Crippen molar-refractivity contribution in [1.29, 1.82) is 0 Å². The first-order valence-corrected chi connectivity index (χ1v) is 8.58. The van der Waals surface area contributed by atoms with Crippen LogP contribution in [0.1, 0.15) is 17.3 Å². The van der Waals surface area contributed by atoms with Gasteiger partial charge in [-0.15, -0.1) is 0 Å². The second-order valence-corrected chi connectivity index (χ2v) is 7.15. The molecule has 1 aliphatic rings. The first-order chi connectivity index (χ1) is 10.6. The van der Waals surface area contributed by atoms with Gasteiger partial charge in [0.25, 0.3) is 0 Å². The molecule has 1 N–H and O–H groups in total. The van der Waals surface area contributed by atoms with Gasteiger partial charge in [-0.05, 0) is 30.7 Å². The molecule has 22 heavy (non-hydrogen) atoms. The Labute approximate surface area is 130 Å². The van der Waals surface area contributed by atoms with Gasteiger partial charge in [-0.3, -0.25) is 9.97 Å². The second-order valence-electron chi connectivity index (χ2n) is 5.26. The Morgan fingerprint density at radius 1 is 1.27 bits per heavy atom. The summed E-state index contributed by atoms with van der Waals surface area (Å²) in [6.07, 6.45) is 4.82. The van der Waals surface area contributed by atoms with Crippen molar-refractivity contribution in [2.45, 2.75) is 17.9 Å². The molecule has 116 valence electrons. The molecule has 0 aliphatic carbocycles. The zero-order valence-electron chi connectivity index (χ0n) is 12.3. The maximum absolute atomic E-state index is 12.9. The topological polar surface area (TPSA) is 75.2 Å². The smallest absolute Gasteiger partial charge is 0.245 e. The van der Waals surface area contributed by atoms with E-state index in [1.165, 1.54) is 10.5 Å². The molecule has 1 atom stereocenters. The van der Waals surface area contributed by atoms with Crippen LogP contribution in [-0.2, 0) is 10.0 Å². The minimum absolute atomic E-state index is 0.230. The van der Waals surface area contributed by atoms with Crippen molar-refractivity contribution >= 4 is 10.0 Å². The summed E-state index contributed by atoms with van der Waals surface area (Å²) < 4.78 is 27.4. The highest BCUT2D eigenvalue weighted by Crippen LogP contribution is 2.28. The molecule has 1 saturated heterocycles. The number of hydrogen-bond acceptors (Lipinski definition) is 5. The molecule has 6 nitrogen and oxygen atoms in total. The van der Waals surface area contributed by atoms with E-state index in [0.717, 1.165) is 11.3 Å². The van der Waals surface area contributed by atoms with Gasteiger partial charge >= 0.3 is 0 Å². The number of rotatable bonds is 3. The van der Waals surface area contributed by atoms with Crippen LogP contribution in [0.15, 0.2) is 47.8 Å². The van der Waals surface area contributed by atoms with Crippen LogP contribution in [-0.4, -0.2) is 42.3 Å². The average molecular weight is 318 g/mol. The molecule has 0 saturated carbocycles. The first kappa shape index (κ1) is 15.1. The lowest BCUT2D eigenvalue weighted by atomic mass is 10.1. The summed E-state index contributed by atoms with van der Waals surface area (Å²) in [5.74, 6) is 0. The van der Waals surface area contributed by atoms with Crippen LogP contribution >= 0.6 is 0 Å². The molecule has 0 amide bonds. The second kappa shape index (κ2) is 6.12. The summed E-state index contributed by atoms with van der Waals surface area (Å²) in [7, 11) is -3.57. The van der Waals surface area contributed by atoms with E-state index in [1.807, 2.05) is 19.1 Å². The maximum Gasteiger partial charge on any atom is 0.245 e. The van der Waals surface area contributed by atoms with Crippen LogP contribution in [0.2, 0.25) is 0 Å². The zero-order valence-corrected chi connectivity index (χ0v) is 13.1. The van der Waals surface area contributed by atoms with Gasteiger partial charge in [0.2, 0.25) is 10.0 Å². The van der Waals surface area contributed by atoms with Gasteiger partial charge in [0.1, 0.15) is 4.90 Å². The van der Waals surface area contributed by atoms with Crippen molar-refractivity contribution in [3.63, 3.8) is 0 Å². The fourth-order valence-electron chi connectivity index (χ4n) is 2.57. The third kappa shape index (κ3) is 2.87. The number of aromatic nitrogens is 2. The molecule has 2 aromatic heterocycles. The number of aryl methyl sites for hydroxylation is 1. The quantitative estimate of drug-likeness (QED) is 0.918. The van der Waals surface area contributed by atoms with Gasteiger partial charge in [0, 0.05) is 43.9 Å². The van der Waals surface area contributed by atoms with Crippen LogP contribution in [0.4, 0.5) is 0 Å². The third-order valence-electron chi connectivity index (χ3n) is 3.75. The highest BCUT2D eigenvalue weighted by molar-refractivity contribution is 7.89. The molecule has 0 bridgehead atoms. The zero-order chi connectivity index (χ0) is 15.6. The normalized spacial score (nSPS) is 20.0. The van der Waals surface area contributed by atoms with E-state index < -0.39 is 10.0 Å². The summed E-state index contributed by atoms with van der Waals surface area (Å²) in [5, 5.41) is 3.25. The first-order valence-electron chi connectivity index (χ1n) is 7.14.